The van der Waals surface area contributed by atoms with Crippen LogP contribution in [0.2, 0.25) is 0 Å². The third kappa shape index (κ3) is 3.22. The van der Waals surface area contributed by atoms with Crippen LogP contribution in [0.5, 0.6) is 0 Å². The highest BCUT2D eigenvalue weighted by Crippen LogP contribution is 2.50. The SMILES string of the molecule is C[C@H](C(O)(Cn1cncn1)c1ccc(F)cc1F)P(=O)(O)O. The van der Waals surface area contributed by atoms with E-state index in [-0.39, 0.29) is 0 Å². The summed E-state index contributed by atoms with van der Waals surface area (Å²) >= 11 is 0. The minimum absolute atomic E-state index is 0.430. The highest BCUT2D eigenvalue weighted by atomic mass is 31.2. The van der Waals surface area contributed by atoms with Crippen LogP contribution in [0, 0.1) is 11.6 Å². The zero-order chi connectivity index (χ0) is 16.5. The van der Waals surface area contributed by atoms with Crippen molar-refractivity contribution in [2.75, 3.05) is 0 Å². The van der Waals surface area contributed by atoms with Crippen molar-refractivity contribution in [2.45, 2.75) is 24.7 Å². The molecule has 0 fully saturated rings. The molecule has 0 saturated carbocycles. The summed E-state index contributed by atoms with van der Waals surface area (Å²) in [6, 6.07) is 2.39. The van der Waals surface area contributed by atoms with E-state index in [1.807, 2.05) is 0 Å². The van der Waals surface area contributed by atoms with Crippen molar-refractivity contribution >= 4 is 7.60 Å². The molecule has 0 bridgehead atoms. The molecule has 1 aromatic heterocycles. The van der Waals surface area contributed by atoms with Crippen LogP contribution in [-0.4, -0.2) is 35.3 Å². The molecule has 120 valence electrons. The molecule has 7 nitrogen and oxygen atoms in total. The Morgan fingerprint density at radius 3 is 2.59 bits per heavy atom. The van der Waals surface area contributed by atoms with Gasteiger partial charge in [0.1, 0.15) is 29.9 Å². The Balaban J connectivity index is 2.56. The molecule has 0 aliphatic carbocycles. The summed E-state index contributed by atoms with van der Waals surface area (Å²) < 4.78 is 39.7. The van der Waals surface area contributed by atoms with Crippen molar-refractivity contribution in [3.8, 4) is 0 Å². The van der Waals surface area contributed by atoms with Gasteiger partial charge in [0.05, 0.1) is 12.2 Å². The number of rotatable bonds is 5. The molecule has 22 heavy (non-hydrogen) atoms. The first-order chi connectivity index (χ1) is 10.1. The first-order valence-electron chi connectivity index (χ1n) is 6.20. The van der Waals surface area contributed by atoms with E-state index in [9.17, 15) is 28.2 Å². The molecule has 2 rings (SSSR count). The summed E-state index contributed by atoms with van der Waals surface area (Å²) in [6.07, 6.45) is 2.36. The van der Waals surface area contributed by atoms with Gasteiger partial charge in [-0.15, -0.1) is 0 Å². The Morgan fingerprint density at radius 2 is 2.09 bits per heavy atom. The summed E-state index contributed by atoms with van der Waals surface area (Å²) in [5.74, 6) is -1.98. The van der Waals surface area contributed by atoms with Gasteiger partial charge in [0, 0.05) is 11.6 Å². The zero-order valence-corrected chi connectivity index (χ0v) is 12.4. The van der Waals surface area contributed by atoms with Gasteiger partial charge in [-0.1, -0.05) is 6.07 Å². The predicted molar refractivity (Wildman–Crippen MR) is 71.8 cm³/mol. The molecular weight excluding hydrogens is 319 g/mol. The van der Waals surface area contributed by atoms with Gasteiger partial charge in [0.15, 0.2) is 0 Å². The maximum atomic E-state index is 14.0. The summed E-state index contributed by atoms with van der Waals surface area (Å²) in [5.41, 5.74) is -4.38. The average Bonchev–Trinajstić information content (AvgIpc) is 2.89. The van der Waals surface area contributed by atoms with Crippen molar-refractivity contribution < 1.29 is 28.2 Å². The van der Waals surface area contributed by atoms with Crippen LogP contribution in [0.15, 0.2) is 30.9 Å². The molecule has 0 saturated heterocycles. The fraction of sp³-hybridized carbons (Fsp3) is 0.333. The monoisotopic (exact) mass is 333 g/mol. The van der Waals surface area contributed by atoms with Gasteiger partial charge in [-0.3, -0.25) is 4.57 Å². The van der Waals surface area contributed by atoms with Crippen LogP contribution >= 0.6 is 7.60 Å². The van der Waals surface area contributed by atoms with E-state index in [0.717, 1.165) is 30.1 Å². The Hall–Kier alpha value is -1.67. The van der Waals surface area contributed by atoms with Crippen molar-refractivity contribution in [3.05, 3.63) is 48.1 Å². The van der Waals surface area contributed by atoms with Gasteiger partial charge < -0.3 is 14.9 Å². The van der Waals surface area contributed by atoms with Crippen LogP contribution in [0.4, 0.5) is 8.78 Å². The van der Waals surface area contributed by atoms with Crippen molar-refractivity contribution in [2.24, 2.45) is 0 Å². The Bertz CT molecular complexity index is 706. The lowest BCUT2D eigenvalue weighted by Crippen LogP contribution is -2.42. The minimum atomic E-state index is -4.77. The third-order valence-corrected chi connectivity index (χ3v) is 4.90. The topological polar surface area (TPSA) is 108 Å². The van der Waals surface area contributed by atoms with E-state index in [4.69, 9.17) is 0 Å². The maximum absolute atomic E-state index is 14.0. The van der Waals surface area contributed by atoms with E-state index >= 15 is 0 Å². The normalized spacial score (nSPS) is 16.3. The maximum Gasteiger partial charge on any atom is 0.331 e. The zero-order valence-electron chi connectivity index (χ0n) is 11.5. The van der Waals surface area contributed by atoms with E-state index in [2.05, 4.69) is 10.1 Å². The highest BCUT2D eigenvalue weighted by molar-refractivity contribution is 7.52. The number of aliphatic hydroxyl groups is 1. The molecule has 0 radical (unpaired) electrons. The molecule has 2 aromatic rings. The smallest absolute Gasteiger partial charge is 0.331 e. The third-order valence-electron chi connectivity index (χ3n) is 3.46. The van der Waals surface area contributed by atoms with Crippen LogP contribution in [0.1, 0.15) is 12.5 Å². The number of nitrogens with zero attached hydrogens (tertiary/aromatic N) is 3. The Kier molecular flexibility index (Phi) is 4.44. The van der Waals surface area contributed by atoms with E-state index in [1.165, 1.54) is 6.33 Å². The van der Waals surface area contributed by atoms with Crippen molar-refractivity contribution in [1.82, 2.24) is 14.8 Å². The first-order valence-corrected chi connectivity index (χ1v) is 7.88. The minimum Gasteiger partial charge on any atom is -0.382 e. The van der Waals surface area contributed by atoms with Crippen LogP contribution < -0.4 is 0 Å². The molecule has 1 unspecified atom stereocenters. The lowest BCUT2D eigenvalue weighted by Gasteiger charge is -2.34. The number of aromatic nitrogens is 3. The number of benzene rings is 1. The fourth-order valence-corrected chi connectivity index (χ4v) is 2.90. The Labute approximate surface area is 124 Å². The summed E-state index contributed by atoms with van der Waals surface area (Å²) in [7, 11) is -4.77. The Morgan fingerprint density at radius 1 is 1.41 bits per heavy atom. The predicted octanol–water partition coefficient (Wildman–Crippen LogP) is 1.01. The van der Waals surface area contributed by atoms with Gasteiger partial charge in [0.2, 0.25) is 0 Å². The largest absolute Gasteiger partial charge is 0.382 e. The van der Waals surface area contributed by atoms with Crippen LogP contribution in [-0.2, 0) is 16.7 Å². The van der Waals surface area contributed by atoms with Crippen molar-refractivity contribution in [1.29, 1.82) is 0 Å². The summed E-state index contributed by atoms with van der Waals surface area (Å²) in [6.45, 7) is 0.627. The van der Waals surface area contributed by atoms with Gasteiger partial charge in [-0.05, 0) is 13.0 Å². The van der Waals surface area contributed by atoms with E-state index in [0.29, 0.717) is 6.07 Å². The molecule has 0 spiro atoms. The molecule has 2 atom stereocenters. The number of halogens is 2. The van der Waals surface area contributed by atoms with Crippen LogP contribution in [0.3, 0.4) is 0 Å². The second-order valence-corrected chi connectivity index (χ2v) is 6.86. The quantitative estimate of drug-likeness (QED) is 0.705. The summed E-state index contributed by atoms with van der Waals surface area (Å²) in [4.78, 5) is 22.4. The number of hydrogen-bond acceptors (Lipinski definition) is 4. The average molecular weight is 333 g/mol. The standard InChI is InChI=1S/C12H14F2N3O4P/c1-8(22(19,20)21)12(18,5-17-7-15-6-16-17)10-3-2-9(13)4-11(10)14/h2-4,6-8,18H,5H2,1H3,(H2,19,20,21)/t8-,12?/m1/s1. The fourth-order valence-electron chi connectivity index (χ4n) is 2.12. The second kappa shape index (κ2) is 5.85. The number of hydrogen-bond donors (Lipinski definition) is 3. The van der Waals surface area contributed by atoms with Gasteiger partial charge >= 0.3 is 7.60 Å². The van der Waals surface area contributed by atoms with Gasteiger partial charge in [-0.25, -0.2) is 18.4 Å². The lowest BCUT2D eigenvalue weighted by molar-refractivity contribution is 0.00512. The van der Waals surface area contributed by atoms with E-state index < -0.39 is 42.6 Å². The molecule has 3 N–H and O–H groups in total. The molecule has 0 aliphatic rings. The first kappa shape index (κ1) is 16.7. The van der Waals surface area contributed by atoms with Crippen LogP contribution in [0.25, 0.3) is 0 Å². The molecule has 1 heterocycles. The van der Waals surface area contributed by atoms with Gasteiger partial charge in [0.25, 0.3) is 0 Å². The van der Waals surface area contributed by atoms with Crippen molar-refractivity contribution in [3.63, 3.8) is 0 Å². The molecule has 0 amide bonds. The molecule has 0 aliphatic heterocycles. The highest BCUT2D eigenvalue weighted by Gasteiger charge is 2.47. The second-order valence-electron chi connectivity index (χ2n) is 4.91. The molecule has 10 heteroatoms. The van der Waals surface area contributed by atoms with E-state index in [1.54, 1.807) is 0 Å². The molecular formula is C12H14F2N3O4P. The van der Waals surface area contributed by atoms with Gasteiger partial charge in [-0.2, -0.15) is 5.10 Å². The summed E-state index contributed by atoms with van der Waals surface area (Å²) in [5, 5.41) is 14.5. The lowest BCUT2D eigenvalue weighted by atomic mass is 9.90. The molecule has 1 aromatic carbocycles.